The van der Waals surface area contributed by atoms with Crippen LogP contribution in [-0.2, 0) is 0 Å². The lowest BCUT2D eigenvalue weighted by Gasteiger charge is -2.35. The molecular weight excluding hydrogens is 316 g/mol. The molecule has 2 aromatic heterocycles. The van der Waals surface area contributed by atoms with Crippen LogP contribution in [0.2, 0.25) is 0 Å². The molecule has 0 aromatic carbocycles. The topological polar surface area (TPSA) is 61.6 Å². The van der Waals surface area contributed by atoms with Crippen molar-refractivity contribution in [2.24, 2.45) is 0 Å². The summed E-state index contributed by atoms with van der Waals surface area (Å²) in [5.74, 6) is 0.908. The summed E-state index contributed by atoms with van der Waals surface area (Å²) in [5.41, 5.74) is 2.67. The molecular formula is C19H26N4O2. The molecule has 0 saturated carbocycles. The lowest BCUT2D eigenvalue weighted by molar-refractivity contribution is 0.0553. The molecule has 3 heterocycles. The lowest BCUT2D eigenvalue weighted by Crippen LogP contribution is -2.50. The minimum Gasteiger partial charge on any atom is -0.392 e. The monoisotopic (exact) mass is 342 g/mol. The molecule has 1 aliphatic heterocycles. The van der Waals surface area contributed by atoms with Gasteiger partial charge in [0.2, 0.25) is 0 Å². The minimum absolute atomic E-state index is 0.0759. The van der Waals surface area contributed by atoms with Crippen molar-refractivity contribution < 1.29 is 9.90 Å². The van der Waals surface area contributed by atoms with Gasteiger partial charge in [-0.1, -0.05) is 6.07 Å². The van der Waals surface area contributed by atoms with E-state index in [1.165, 1.54) is 0 Å². The standard InChI is InChI=1S/C19H26N4O2/c1-14-12-17(16(3)23(14)18-6-4-5-7-20-18)19(25)22-10-8-21(9-11-22)13-15(2)24/h4-7,12,15,24H,8-11,13H2,1-3H3/t15-/m1/s1. The van der Waals surface area contributed by atoms with E-state index in [4.69, 9.17) is 0 Å². The zero-order chi connectivity index (χ0) is 18.0. The molecule has 1 aliphatic rings. The Bertz CT molecular complexity index is 731. The highest BCUT2D eigenvalue weighted by molar-refractivity contribution is 5.96. The predicted molar refractivity (Wildman–Crippen MR) is 97.1 cm³/mol. The summed E-state index contributed by atoms with van der Waals surface area (Å²) < 4.78 is 2.02. The minimum atomic E-state index is -0.334. The average molecular weight is 342 g/mol. The van der Waals surface area contributed by atoms with Gasteiger partial charge in [-0.05, 0) is 39.0 Å². The molecule has 0 bridgehead atoms. The molecule has 1 saturated heterocycles. The van der Waals surface area contributed by atoms with Crippen LogP contribution < -0.4 is 0 Å². The molecule has 3 rings (SSSR count). The Morgan fingerprint density at radius 1 is 1.24 bits per heavy atom. The van der Waals surface area contributed by atoms with Gasteiger partial charge in [0, 0.05) is 50.3 Å². The Labute approximate surface area is 148 Å². The average Bonchev–Trinajstić information content (AvgIpc) is 2.89. The molecule has 1 N–H and O–H groups in total. The first-order valence-electron chi connectivity index (χ1n) is 8.77. The SMILES string of the molecule is Cc1cc(C(=O)N2CCN(C[C@@H](C)O)CC2)c(C)n1-c1ccccn1. The Morgan fingerprint density at radius 2 is 1.96 bits per heavy atom. The number of β-amino-alcohol motifs (C(OH)–C–C–N with tert-alkyl or cyclic N) is 1. The molecule has 0 radical (unpaired) electrons. The summed E-state index contributed by atoms with van der Waals surface area (Å²) in [6.45, 7) is 9.42. The quantitative estimate of drug-likeness (QED) is 0.917. The van der Waals surface area contributed by atoms with Gasteiger partial charge < -0.3 is 14.6 Å². The normalized spacial score (nSPS) is 16.9. The van der Waals surface area contributed by atoms with Crippen molar-refractivity contribution in [2.45, 2.75) is 26.9 Å². The van der Waals surface area contributed by atoms with Gasteiger partial charge in [0.05, 0.1) is 11.7 Å². The zero-order valence-electron chi connectivity index (χ0n) is 15.1. The fourth-order valence-electron chi connectivity index (χ4n) is 3.50. The molecule has 0 aliphatic carbocycles. The van der Waals surface area contributed by atoms with Gasteiger partial charge >= 0.3 is 0 Å². The van der Waals surface area contributed by atoms with Crippen molar-refractivity contribution in [2.75, 3.05) is 32.7 Å². The Kier molecular flexibility index (Phi) is 5.20. The number of rotatable bonds is 4. The Balaban J connectivity index is 1.76. The van der Waals surface area contributed by atoms with Gasteiger partial charge in [-0.2, -0.15) is 0 Å². The molecule has 1 atom stereocenters. The van der Waals surface area contributed by atoms with Crippen molar-refractivity contribution in [3.05, 3.63) is 47.4 Å². The highest BCUT2D eigenvalue weighted by Gasteiger charge is 2.25. The van der Waals surface area contributed by atoms with Crippen molar-refractivity contribution in [1.82, 2.24) is 19.4 Å². The van der Waals surface area contributed by atoms with E-state index >= 15 is 0 Å². The Morgan fingerprint density at radius 3 is 2.56 bits per heavy atom. The number of aliphatic hydroxyl groups is 1. The third-order valence-corrected chi connectivity index (χ3v) is 4.72. The van der Waals surface area contributed by atoms with E-state index in [-0.39, 0.29) is 12.0 Å². The molecule has 6 heteroatoms. The molecule has 0 unspecified atom stereocenters. The number of carbonyl (C=O) groups is 1. The third kappa shape index (κ3) is 3.75. The van der Waals surface area contributed by atoms with Gasteiger partial charge in [0.15, 0.2) is 0 Å². The van der Waals surface area contributed by atoms with Crippen LogP contribution in [0.5, 0.6) is 0 Å². The summed E-state index contributed by atoms with van der Waals surface area (Å²) in [7, 11) is 0. The summed E-state index contributed by atoms with van der Waals surface area (Å²) in [6, 6.07) is 7.73. The summed E-state index contributed by atoms with van der Waals surface area (Å²) in [5, 5.41) is 9.50. The van der Waals surface area contributed by atoms with Crippen LogP contribution in [0.3, 0.4) is 0 Å². The first-order chi connectivity index (χ1) is 12.0. The van der Waals surface area contributed by atoms with Gasteiger partial charge in [-0.25, -0.2) is 4.98 Å². The molecule has 0 spiro atoms. The predicted octanol–water partition coefficient (Wildman–Crippen LogP) is 1.63. The van der Waals surface area contributed by atoms with E-state index in [0.29, 0.717) is 19.6 Å². The molecule has 2 aromatic rings. The lowest BCUT2D eigenvalue weighted by atomic mass is 10.2. The summed E-state index contributed by atoms with van der Waals surface area (Å²) >= 11 is 0. The molecule has 1 fully saturated rings. The van der Waals surface area contributed by atoms with Crippen LogP contribution in [0.25, 0.3) is 5.82 Å². The van der Waals surface area contributed by atoms with Crippen LogP contribution in [0.4, 0.5) is 0 Å². The van der Waals surface area contributed by atoms with Gasteiger partial charge in [0.25, 0.3) is 5.91 Å². The number of aryl methyl sites for hydroxylation is 1. The second-order valence-electron chi connectivity index (χ2n) is 6.75. The van der Waals surface area contributed by atoms with E-state index < -0.39 is 0 Å². The van der Waals surface area contributed by atoms with Crippen LogP contribution in [-0.4, -0.2) is 69.2 Å². The maximum Gasteiger partial charge on any atom is 0.255 e. The highest BCUT2D eigenvalue weighted by Crippen LogP contribution is 2.21. The number of pyridine rings is 1. The third-order valence-electron chi connectivity index (χ3n) is 4.72. The van der Waals surface area contributed by atoms with Crippen LogP contribution in [0.1, 0.15) is 28.7 Å². The van der Waals surface area contributed by atoms with Crippen LogP contribution >= 0.6 is 0 Å². The van der Waals surface area contributed by atoms with E-state index in [1.807, 2.05) is 47.6 Å². The fraction of sp³-hybridized carbons (Fsp3) is 0.474. The second-order valence-corrected chi connectivity index (χ2v) is 6.75. The first-order valence-corrected chi connectivity index (χ1v) is 8.77. The largest absolute Gasteiger partial charge is 0.392 e. The van der Waals surface area contributed by atoms with Gasteiger partial charge in [0.1, 0.15) is 5.82 Å². The molecule has 6 nitrogen and oxygen atoms in total. The number of amides is 1. The van der Waals surface area contributed by atoms with Gasteiger partial charge in [-0.3, -0.25) is 9.69 Å². The maximum atomic E-state index is 13.0. The number of piperazine rings is 1. The molecule has 134 valence electrons. The Hall–Kier alpha value is -2.18. The number of aliphatic hydroxyl groups excluding tert-OH is 1. The van der Waals surface area contributed by atoms with Crippen molar-refractivity contribution in [3.8, 4) is 5.82 Å². The summed E-state index contributed by atoms with van der Waals surface area (Å²) in [4.78, 5) is 21.5. The molecule has 25 heavy (non-hydrogen) atoms. The first kappa shape index (κ1) is 17.6. The fourth-order valence-corrected chi connectivity index (χ4v) is 3.50. The number of aromatic nitrogens is 2. The summed E-state index contributed by atoms with van der Waals surface area (Å²) in [6.07, 6.45) is 1.43. The van der Waals surface area contributed by atoms with Crippen molar-refractivity contribution in [3.63, 3.8) is 0 Å². The van der Waals surface area contributed by atoms with Crippen molar-refractivity contribution in [1.29, 1.82) is 0 Å². The number of carbonyl (C=O) groups excluding carboxylic acids is 1. The number of hydrogen-bond donors (Lipinski definition) is 1. The second kappa shape index (κ2) is 7.37. The maximum absolute atomic E-state index is 13.0. The van der Waals surface area contributed by atoms with Crippen LogP contribution in [0, 0.1) is 13.8 Å². The van der Waals surface area contributed by atoms with E-state index in [1.54, 1.807) is 13.1 Å². The molecule has 1 amide bonds. The van der Waals surface area contributed by atoms with Crippen LogP contribution in [0.15, 0.2) is 30.5 Å². The zero-order valence-corrected chi connectivity index (χ0v) is 15.1. The van der Waals surface area contributed by atoms with E-state index in [9.17, 15) is 9.90 Å². The number of hydrogen-bond acceptors (Lipinski definition) is 4. The number of nitrogens with zero attached hydrogens (tertiary/aromatic N) is 4. The van der Waals surface area contributed by atoms with E-state index in [2.05, 4.69) is 9.88 Å². The van der Waals surface area contributed by atoms with E-state index in [0.717, 1.165) is 35.9 Å². The highest BCUT2D eigenvalue weighted by atomic mass is 16.3. The van der Waals surface area contributed by atoms with Gasteiger partial charge in [-0.15, -0.1) is 0 Å². The van der Waals surface area contributed by atoms with Crippen molar-refractivity contribution >= 4 is 5.91 Å². The smallest absolute Gasteiger partial charge is 0.255 e.